The van der Waals surface area contributed by atoms with Gasteiger partial charge in [-0.25, -0.2) is 4.79 Å². The van der Waals surface area contributed by atoms with Crippen molar-refractivity contribution in [1.29, 1.82) is 0 Å². The van der Waals surface area contributed by atoms with Gasteiger partial charge in [0.1, 0.15) is 5.82 Å². The predicted molar refractivity (Wildman–Crippen MR) is 75.9 cm³/mol. The standard InChI is InChI=1S/C15H18N2O2/c1-3-13-12(15(18)19-4-2)10-14(17-13)16-11-8-6-5-7-9-11/h5-10,16-17H,3-4H2,1-2H3. The minimum Gasteiger partial charge on any atom is -0.462 e. The highest BCUT2D eigenvalue weighted by molar-refractivity contribution is 5.92. The third-order valence-corrected chi connectivity index (χ3v) is 2.80. The third kappa shape index (κ3) is 3.16. The van der Waals surface area contributed by atoms with E-state index in [2.05, 4.69) is 10.3 Å². The molecule has 0 unspecified atom stereocenters. The molecule has 2 rings (SSSR count). The second kappa shape index (κ2) is 6.09. The average Bonchev–Trinajstić information content (AvgIpc) is 2.83. The molecule has 0 aliphatic heterocycles. The molecular weight excluding hydrogens is 240 g/mol. The van der Waals surface area contributed by atoms with E-state index in [1.807, 2.05) is 37.3 Å². The van der Waals surface area contributed by atoms with Gasteiger partial charge in [-0.05, 0) is 31.5 Å². The van der Waals surface area contributed by atoms with Crippen LogP contribution in [0.1, 0.15) is 29.9 Å². The Bertz CT molecular complexity index is 547. The van der Waals surface area contributed by atoms with E-state index in [4.69, 9.17) is 4.74 Å². The Morgan fingerprint density at radius 1 is 1.26 bits per heavy atom. The van der Waals surface area contributed by atoms with Crippen LogP contribution < -0.4 is 5.32 Å². The van der Waals surface area contributed by atoms with Crippen LogP contribution in [0.25, 0.3) is 0 Å². The Hall–Kier alpha value is -2.23. The second-order valence-electron chi connectivity index (χ2n) is 4.14. The molecule has 4 heteroatoms. The van der Waals surface area contributed by atoms with E-state index in [0.29, 0.717) is 12.2 Å². The number of H-pyrrole nitrogens is 1. The van der Waals surface area contributed by atoms with Gasteiger partial charge in [0.05, 0.1) is 12.2 Å². The highest BCUT2D eigenvalue weighted by Crippen LogP contribution is 2.20. The fourth-order valence-corrected chi connectivity index (χ4v) is 1.91. The first-order valence-electron chi connectivity index (χ1n) is 6.45. The summed E-state index contributed by atoms with van der Waals surface area (Å²) in [6.07, 6.45) is 0.755. The zero-order valence-corrected chi connectivity index (χ0v) is 11.2. The lowest BCUT2D eigenvalue weighted by molar-refractivity contribution is 0.0525. The molecule has 2 N–H and O–H groups in total. The molecule has 19 heavy (non-hydrogen) atoms. The van der Waals surface area contributed by atoms with E-state index in [0.717, 1.165) is 23.6 Å². The Morgan fingerprint density at radius 2 is 2.00 bits per heavy atom. The lowest BCUT2D eigenvalue weighted by atomic mass is 10.2. The topological polar surface area (TPSA) is 54.1 Å². The highest BCUT2D eigenvalue weighted by Gasteiger charge is 2.15. The molecule has 0 aliphatic carbocycles. The van der Waals surface area contributed by atoms with Gasteiger partial charge in [0.2, 0.25) is 0 Å². The molecule has 0 saturated carbocycles. The minimum absolute atomic E-state index is 0.281. The quantitative estimate of drug-likeness (QED) is 0.807. The Labute approximate surface area is 112 Å². The Balaban J connectivity index is 2.21. The van der Waals surface area contributed by atoms with Gasteiger partial charge >= 0.3 is 5.97 Å². The second-order valence-corrected chi connectivity index (χ2v) is 4.14. The van der Waals surface area contributed by atoms with Crippen molar-refractivity contribution in [3.63, 3.8) is 0 Å². The fourth-order valence-electron chi connectivity index (χ4n) is 1.91. The van der Waals surface area contributed by atoms with Crippen molar-refractivity contribution < 1.29 is 9.53 Å². The van der Waals surface area contributed by atoms with Crippen molar-refractivity contribution in [2.45, 2.75) is 20.3 Å². The molecule has 2 aromatic rings. The number of aromatic nitrogens is 1. The van der Waals surface area contributed by atoms with E-state index >= 15 is 0 Å². The van der Waals surface area contributed by atoms with E-state index in [9.17, 15) is 4.79 Å². The van der Waals surface area contributed by atoms with Crippen LogP contribution in [0.4, 0.5) is 11.5 Å². The number of hydrogen-bond donors (Lipinski definition) is 2. The van der Waals surface area contributed by atoms with Crippen molar-refractivity contribution >= 4 is 17.5 Å². The first kappa shape index (κ1) is 13.2. The molecular formula is C15H18N2O2. The molecule has 0 spiro atoms. The summed E-state index contributed by atoms with van der Waals surface area (Å²) in [5, 5.41) is 3.23. The number of para-hydroxylation sites is 1. The summed E-state index contributed by atoms with van der Waals surface area (Å²) in [5.41, 5.74) is 2.46. The maximum Gasteiger partial charge on any atom is 0.340 e. The third-order valence-electron chi connectivity index (χ3n) is 2.80. The minimum atomic E-state index is -0.281. The van der Waals surface area contributed by atoms with Crippen molar-refractivity contribution in [2.24, 2.45) is 0 Å². The molecule has 0 bridgehead atoms. The molecule has 0 radical (unpaired) electrons. The van der Waals surface area contributed by atoms with Gasteiger partial charge in [-0.15, -0.1) is 0 Å². The van der Waals surface area contributed by atoms with Gasteiger partial charge in [0.25, 0.3) is 0 Å². The number of nitrogens with one attached hydrogen (secondary N) is 2. The van der Waals surface area contributed by atoms with Gasteiger partial charge in [-0.3, -0.25) is 0 Å². The summed E-state index contributed by atoms with van der Waals surface area (Å²) in [6, 6.07) is 11.6. The molecule has 100 valence electrons. The summed E-state index contributed by atoms with van der Waals surface area (Å²) >= 11 is 0. The number of ether oxygens (including phenoxy) is 1. The molecule has 0 atom stereocenters. The maximum atomic E-state index is 11.8. The summed E-state index contributed by atoms with van der Waals surface area (Å²) in [6.45, 7) is 4.19. The van der Waals surface area contributed by atoms with Crippen molar-refractivity contribution in [3.8, 4) is 0 Å². The van der Waals surface area contributed by atoms with Gasteiger partial charge in [0, 0.05) is 11.4 Å². The number of hydrogen-bond acceptors (Lipinski definition) is 3. The van der Waals surface area contributed by atoms with Crippen LogP contribution in [0.5, 0.6) is 0 Å². The zero-order chi connectivity index (χ0) is 13.7. The first-order chi connectivity index (χ1) is 9.24. The van der Waals surface area contributed by atoms with Crippen molar-refractivity contribution in [1.82, 2.24) is 4.98 Å². The summed E-state index contributed by atoms with van der Waals surface area (Å²) in [5.74, 6) is 0.516. The lowest BCUT2D eigenvalue weighted by Crippen LogP contribution is -2.05. The molecule has 0 amide bonds. The number of carbonyl (C=O) groups is 1. The van der Waals surface area contributed by atoms with Crippen molar-refractivity contribution in [3.05, 3.63) is 47.7 Å². The van der Waals surface area contributed by atoms with E-state index < -0.39 is 0 Å². The summed E-state index contributed by atoms with van der Waals surface area (Å²) < 4.78 is 5.05. The Morgan fingerprint density at radius 3 is 2.63 bits per heavy atom. The van der Waals surface area contributed by atoms with Gasteiger partial charge in [-0.1, -0.05) is 25.1 Å². The van der Waals surface area contributed by atoms with Crippen LogP contribution in [0, 0.1) is 0 Å². The SMILES string of the molecule is CCOC(=O)c1cc(Nc2ccccc2)[nH]c1CC. The molecule has 1 aromatic heterocycles. The van der Waals surface area contributed by atoms with Crippen LogP contribution in [0.2, 0.25) is 0 Å². The highest BCUT2D eigenvalue weighted by atomic mass is 16.5. The van der Waals surface area contributed by atoms with E-state index in [1.165, 1.54) is 0 Å². The van der Waals surface area contributed by atoms with Crippen LogP contribution in [0.3, 0.4) is 0 Å². The number of anilines is 2. The smallest absolute Gasteiger partial charge is 0.340 e. The number of aryl methyl sites for hydroxylation is 1. The van der Waals surface area contributed by atoms with Crippen molar-refractivity contribution in [2.75, 3.05) is 11.9 Å². The Kier molecular flexibility index (Phi) is 4.23. The molecule has 0 fully saturated rings. The largest absolute Gasteiger partial charge is 0.462 e. The molecule has 0 aliphatic rings. The first-order valence-corrected chi connectivity index (χ1v) is 6.45. The average molecular weight is 258 g/mol. The maximum absolute atomic E-state index is 11.8. The molecule has 4 nitrogen and oxygen atoms in total. The van der Waals surface area contributed by atoms with Crippen LogP contribution in [-0.4, -0.2) is 17.6 Å². The monoisotopic (exact) mass is 258 g/mol. The van der Waals surface area contributed by atoms with Crippen LogP contribution in [0.15, 0.2) is 36.4 Å². The molecule has 1 heterocycles. The number of carbonyl (C=O) groups excluding carboxylic acids is 1. The number of esters is 1. The van der Waals surface area contributed by atoms with Crippen LogP contribution >= 0.6 is 0 Å². The van der Waals surface area contributed by atoms with Crippen LogP contribution in [-0.2, 0) is 11.2 Å². The number of rotatable bonds is 5. The van der Waals surface area contributed by atoms with E-state index in [1.54, 1.807) is 13.0 Å². The van der Waals surface area contributed by atoms with Gasteiger partial charge in [0.15, 0.2) is 0 Å². The summed E-state index contributed by atoms with van der Waals surface area (Å²) in [7, 11) is 0. The number of benzene rings is 1. The van der Waals surface area contributed by atoms with Gasteiger partial charge in [-0.2, -0.15) is 0 Å². The lowest BCUT2D eigenvalue weighted by Gasteiger charge is -2.02. The fraction of sp³-hybridized carbons (Fsp3) is 0.267. The summed E-state index contributed by atoms with van der Waals surface area (Å²) in [4.78, 5) is 15.0. The van der Waals surface area contributed by atoms with E-state index in [-0.39, 0.29) is 5.97 Å². The number of aromatic amines is 1. The zero-order valence-electron chi connectivity index (χ0n) is 11.2. The van der Waals surface area contributed by atoms with Gasteiger partial charge < -0.3 is 15.0 Å². The molecule has 0 saturated heterocycles. The molecule has 1 aromatic carbocycles. The predicted octanol–water partition coefficient (Wildman–Crippen LogP) is 3.50. The normalized spacial score (nSPS) is 10.2.